The van der Waals surface area contributed by atoms with Gasteiger partial charge in [0, 0.05) is 42.7 Å². The van der Waals surface area contributed by atoms with Gasteiger partial charge in [-0.1, -0.05) is 38.1 Å². The summed E-state index contributed by atoms with van der Waals surface area (Å²) in [5, 5.41) is 12.7. The first-order chi connectivity index (χ1) is 17.3. The normalized spacial score (nSPS) is 19.0. The van der Waals surface area contributed by atoms with E-state index >= 15 is 0 Å². The topological polar surface area (TPSA) is 92.6 Å². The van der Waals surface area contributed by atoms with E-state index in [-0.39, 0.29) is 35.5 Å². The number of amides is 1. The van der Waals surface area contributed by atoms with Crippen LogP contribution in [0.15, 0.2) is 47.4 Å². The van der Waals surface area contributed by atoms with Gasteiger partial charge in [-0.25, -0.2) is 10.3 Å². The van der Waals surface area contributed by atoms with Gasteiger partial charge in [0.05, 0.1) is 17.9 Å². The van der Waals surface area contributed by atoms with Crippen LogP contribution in [-0.4, -0.2) is 32.0 Å². The van der Waals surface area contributed by atoms with Crippen LogP contribution in [0, 0.1) is 11.3 Å². The number of benzene rings is 2. The van der Waals surface area contributed by atoms with E-state index in [1.807, 2.05) is 0 Å². The van der Waals surface area contributed by atoms with Crippen LogP contribution >= 0.6 is 10.2 Å². The van der Waals surface area contributed by atoms with Crippen LogP contribution < -0.4 is 15.5 Å². The third kappa shape index (κ3) is 6.15. The van der Waals surface area contributed by atoms with E-state index in [1.165, 1.54) is 6.07 Å². The van der Waals surface area contributed by atoms with Crippen LogP contribution in [0.3, 0.4) is 0 Å². The predicted molar refractivity (Wildman–Crippen MR) is 128 cm³/mol. The average Bonchev–Trinajstić information content (AvgIpc) is 3.34. The van der Waals surface area contributed by atoms with E-state index in [2.05, 4.69) is 23.4 Å². The third-order valence-corrected chi connectivity index (χ3v) is 7.10. The van der Waals surface area contributed by atoms with E-state index in [0.717, 1.165) is 25.0 Å². The Balaban J connectivity index is 1.54. The zero-order chi connectivity index (χ0) is 26.9. The van der Waals surface area contributed by atoms with Crippen molar-refractivity contribution in [2.24, 2.45) is 0 Å². The fourth-order valence-corrected chi connectivity index (χ4v) is 4.68. The minimum Gasteiger partial charge on any atom is -0.492 e. The molecule has 0 bridgehead atoms. The van der Waals surface area contributed by atoms with Gasteiger partial charge in [0.15, 0.2) is 6.29 Å². The van der Waals surface area contributed by atoms with Gasteiger partial charge in [0.2, 0.25) is 0 Å². The second-order valence-corrected chi connectivity index (χ2v) is 11.1. The highest BCUT2D eigenvalue weighted by Gasteiger charge is 2.65. The molecule has 4 rings (SSSR count). The van der Waals surface area contributed by atoms with Gasteiger partial charge in [-0.15, -0.1) is 0 Å². The van der Waals surface area contributed by atoms with Crippen LogP contribution in [0.2, 0.25) is 0 Å². The van der Waals surface area contributed by atoms with Crippen LogP contribution in [-0.2, 0) is 20.8 Å². The summed E-state index contributed by atoms with van der Waals surface area (Å²) < 4.78 is 76.7. The molecule has 2 aromatic carbocycles. The molecule has 0 aromatic heterocycles. The van der Waals surface area contributed by atoms with Crippen LogP contribution in [0.5, 0.6) is 5.75 Å². The number of carbonyl (C=O) groups is 1. The second kappa shape index (κ2) is 9.20. The lowest BCUT2D eigenvalue weighted by atomic mass is 9.95. The molecule has 1 atom stereocenters. The number of halogens is 5. The minimum absolute atomic E-state index is 0.0817. The van der Waals surface area contributed by atoms with Gasteiger partial charge in [-0.3, -0.25) is 4.79 Å². The molecule has 200 valence electrons. The molecule has 0 radical (unpaired) electrons. The fourth-order valence-electron chi connectivity index (χ4n) is 4.03. The number of ether oxygens (including phenoxy) is 2. The third-order valence-electron chi connectivity index (χ3n) is 5.93. The molecule has 0 spiro atoms. The van der Waals surface area contributed by atoms with Crippen LogP contribution in [0.4, 0.5) is 25.1 Å². The fraction of sp³-hybridized carbons (Fsp3) is 0.333. The summed E-state index contributed by atoms with van der Waals surface area (Å²) in [4.78, 5) is 15.6. The predicted octanol–water partition coefficient (Wildman–Crippen LogP) is 6.36. The van der Waals surface area contributed by atoms with Gasteiger partial charge < -0.3 is 14.8 Å². The summed E-state index contributed by atoms with van der Waals surface area (Å²) in [6.07, 6.45) is 2.28. The molecular weight excluding hydrogens is 521 g/mol. The summed E-state index contributed by atoms with van der Waals surface area (Å²) in [6.45, 7) is 4.40. The number of nitrogens with zero attached hydrogens (tertiary/aromatic N) is 1. The Morgan fingerprint density at radius 2 is 1.89 bits per heavy atom. The van der Waals surface area contributed by atoms with Crippen molar-refractivity contribution in [3.05, 3.63) is 53.6 Å². The number of nitrogens with one attached hydrogen (secondary N) is 2. The number of hydrogen-bond acceptors (Lipinski definition) is 6. The standard InChI is InChI=1S/C24H24F5N3O4S/c1-15(24(33)32-36-22-4-2-3-10-34-22)14-31-21-12-19(23-18(9-11-35-23)20(21)13-30)16-5-7-17(8-6-16)37(25,26,27,28)29/h5-8,12,22,31H,1-4,9-11,14H2,(H,32,33). The van der Waals surface area contributed by atoms with E-state index in [9.17, 15) is 29.5 Å². The van der Waals surface area contributed by atoms with Gasteiger partial charge in [0.1, 0.15) is 16.7 Å². The maximum absolute atomic E-state index is 13.1. The highest BCUT2D eigenvalue weighted by Crippen LogP contribution is 3.02. The Morgan fingerprint density at radius 1 is 1.16 bits per heavy atom. The Labute approximate surface area is 209 Å². The molecular formula is C24H24F5N3O4S. The van der Waals surface area contributed by atoms with Gasteiger partial charge in [-0.2, -0.15) is 5.26 Å². The van der Waals surface area contributed by atoms with Crippen molar-refractivity contribution in [3.8, 4) is 22.9 Å². The quantitative estimate of drug-likeness (QED) is 0.228. The number of anilines is 1. The lowest BCUT2D eigenvalue weighted by Gasteiger charge is -2.40. The van der Waals surface area contributed by atoms with Crippen molar-refractivity contribution in [1.82, 2.24) is 5.48 Å². The zero-order valence-electron chi connectivity index (χ0n) is 19.5. The summed E-state index contributed by atoms with van der Waals surface area (Å²) in [5.41, 5.74) is 3.90. The van der Waals surface area contributed by atoms with E-state index in [0.29, 0.717) is 48.5 Å². The zero-order valence-corrected chi connectivity index (χ0v) is 20.3. The van der Waals surface area contributed by atoms with E-state index < -0.39 is 27.3 Å². The number of nitriles is 1. The smallest absolute Gasteiger partial charge is 0.310 e. The molecule has 2 heterocycles. The first-order valence-corrected chi connectivity index (χ1v) is 13.3. The first kappa shape index (κ1) is 26.7. The number of hydroxylamine groups is 1. The molecule has 2 N–H and O–H groups in total. The van der Waals surface area contributed by atoms with E-state index in [4.69, 9.17) is 14.3 Å². The molecule has 37 heavy (non-hydrogen) atoms. The number of fused-ring (bicyclic) bond motifs is 1. The van der Waals surface area contributed by atoms with E-state index in [1.54, 1.807) is 0 Å². The lowest BCUT2D eigenvalue weighted by Crippen LogP contribution is -2.34. The molecule has 1 unspecified atom stereocenters. The van der Waals surface area contributed by atoms with Gasteiger partial charge in [-0.05, 0) is 36.6 Å². The molecule has 2 aliphatic heterocycles. The Morgan fingerprint density at radius 3 is 2.51 bits per heavy atom. The van der Waals surface area contributed by atoms with Crippen molar-refractivity contribution in [2.75, 3.05) is 25.1 Å². The molecule has 0 aliphatic carbocycles. The SMILES string of the molecule is C=C(CNc1cc(-c2ccc(S(F)(F)(F)(F)F)cc2)c2c(c1C#N)CCO2)C(=O)NOC1CCCCO1. The summed E-state index contributed by atoms with van der Waals surface area (Å²) in [6, 6.07) is 6.05. The van der Waals surface area contributed by atoms with Gasteiger partial charge >= 0.3 is 10.2 Å². The molecule has 2 aromatic rings. The largest absolute Gasteiger partial charge is 0.492 e. The van der Waals surface area contributed by atoms with Crippen molar-refractivity contribution in [2.45, 2.75) is 36.9 Å². The molecule has 7 nitrogen and oxygen atoms in total. The Kier molecular flexibility index (Phi) is 6.64. The van der Waals surface area contributed by atoms with Crippen LogP contribution in [0.25, 0.3) is 11.1 Å². The maximum Gasteiger partial charge on any atom is 0.310 e. The van der Waals surface area contributed by atoms with Crippen molar-refractivity contribution in [3.63, 3.8) is 0 Å². The maximum atomic E-state index is 13.1. The monoisotopic (exact) mass is 545 g/mol. The Bertz CT molecular complexity index is 1270. The molecule has 13 heteroatoms. The van der Waals surface area contributed by atoms with Crippen molar-refractivity contribution < 1.29 is 38.5 Å². The molecule has 2 aliphatic rings. The minimum atomic E-state index is -9.82. The lowest BCUT2D eigenvalue weighted by molar-refractivity contribution is -0.198. The summed E-state index contributed by atoms with van der Waals surface area (Å²) in [5.74, 6) is -0.309. The summed E-state index contributed by atoms with van der Waals surface area (Å²) in [7, 11) is -9.82. The Hall–Kier alpha value is -3.34. The van der Waals surface area contributed by atoms with Gasteiger partial charge in [0.25, 0.3) is 5.91 Å². The highest BCUT2D eigenvalue weighted by atomic mass is 32.5. The number of carbonyl (C=O) groups excluding carboxylic acids is 1. The number of hydrogen-bond donors (Lipinski definition) is 2. The highest BCUT2D eigenvalue weighted by molar-refractivity contribution is 8.45. The van der Waals surface area contributed by atoms with Crippen LogP contribution in [0.1, 0.15) is 30.4 Å². The molecule has 1 saturated heterocycles. The van der Waals surface area contributed by atoms with Crippen molar-refractivity contribution in [1.29, 1.82) is 5.26 Å². The molecule has 1 amide bonds. The number of rotatable bonds is 8. The second-order valence-electron chi connectivity index (χ2n) is 8.66. The first-order valence-electron chi connectivity index (χ1n) is 11.3. The summed E-state index contributed by atoms with van der Waals surface area (Å²) >= 11 is 0. The average molecular weight is 546 g/mol. The molecule has 1 fully saturated rings. The van der Waals surface area contributed by atoms with Crippen molar-refractivity contribution >= 4 is 21.8 Å². The molecule has 0 saturated carbocycles.